The van der Waals surface area contributed by atoms with Gasteiger partial charge in [0.05, 0.1) is 13.0 Å². The number of carboxylic acid groups (broad SMARTS) is 1. The Hall–Kier alpha value is -4.69. The summed E-state index contributed by atoms with van der Waals surface area (Å²) >= 11 is 0. The minimum absolute atomic E-state index is 0.0343. The molecule has 1 aliphatic rings. The number of aliphatic imine (C=N–C) groups is 1. The van der Waals surface area contributed by atoms with Gasteiger partial charge in [0, 0.05) is 13.0 Å². The number of hydrogen-bond donors (Lipinski definition) is 8. The summed E-state index contributed by atoms with van der Waals surface area (Å²) in [6.45, 7) is 1.81. The van der Waals surface area contributed by atoms with Crippen molar-refractivity contribution >= 4 is 41.5 Å². The number of carbonyl (C=O) groups excluding carboxylic acids is 5. The van der Waals surface area contributed by atoms with Crippen LogP contribution >= 0.6 is 0 Å². The topological polar surface area (TPSA) is 247 Å². The Morgan fingerprint density at radius 3 is 1.75 bits per heavy atom. The summed E-state index contributed by atoms with van der Waals surface area (Å²) in [6.07, 6.45) is 13.5. The number of unbranched alkanes of at least 4 members (excludes halogenated alkanes) is 11. The Bertz CT molecular complexity index is 1310. The van der Waals surface area contributed by atoms with Gasteiger partial charge in [-0.1, -0.05) is 114 Å². The fraction of sp³-hybridized carbons (Fsp3) is 0.649. The first-order valence-electron chi connectivity index (χ1n) is 18.8. The molecule has 1 fully saturated rings. The van der Waals surface area contributed by atoms with E-state index in [0.29, 0.717) is 18.4 Å². The zero-order valence-electron chi connectivity index (χ0n) is 30.6. The molecule has 15 heteroatoms. The van der Waals surface area contributed by atoms with Gasteiger partial charge in [-0.2, -0.15) is 0 Å². The monoisotopic (exact) mass is 728 g/mol. The van der Waals surface area contributed by atoms with Crippen molar-refractivity contribution in [3.63, 3.8) is 0 Å². The molecule has 0 saturated carbocycles. The van der Waals surface area contributed by atoms with E-state index in [1.165, 1.54) is 44.9 Å². The van der Waals surface area contributed by atoms with Crippen LogP contribution in [0.4, 0.5) is 0 Å². The maximum atomic E-state index is 13.9. The number of amides is 5. The maximum absolute atomic E-state index is 13.9. The van der Waals surface area contributed by atoms with Crippen molar-refractivity contribution in [2.24, 2.45) is 16.5 Å². The van der Waals surface area contributed by atoms with Crippen LogP contribution in [0.25, 0.3) is 0 Å². The van der Waals surface area contributed by atoms with Crippen LogP contribution in [-0.2, 0) is 35.2 Å². The lowest BCUT2D eigenvalue weighted by Gasteiger charge is -2.26. The van der Waals surface area contributed by atoms with Crippen LogP contribution in [0, 0.1) is 0 Å². The average molecular weight is 729 g/mol. The predicted molar refractivity (Wildman–Crippen MR) is 199 cm³/mol. The van der Waals surface area contributed by atoms with Gasteiger partial charge in [0.2, 0.25) is 29.5 Å². The van der Waals surface area contributed by atoms with Crippen molar-refractivity contribution in [3.8, 4) is 0 Å². The van der Waals surface area contributed by atoms with Crippen LogP contribution in [0.3, 0.4) is 0 Å². The fourth-order valence-corrected chi connectivity index (χ4v) is 6.03. The minimum atomic E-state index is -1.54. The Labute approximate surface area is 307 Å². The first-order valence-corrected chi connectivity index (χ1v) is 18.8. The van der Waals surface area contributed by atoms with E-state index in [9.17, 15) is 33.9 Å². The number of rotatable bonds is 21. The molecule has 1 aromatic carbocycles. The summed E-state index contributed by atoms with van der Waals surface area (Å²) in [6, 6.07) is 4.00. The van der Waals surface area contributed by atoms with Gasteiger partial charge in [-0.05, 0) is 24.8 Å². The number of nitrogens with two attached hydrogens (primary N) is 2. The van der Waals surface area contributed by atoms with Crippen molar-refractivity contribution in [3.05, 3.63) is 35.9 Å². The summed E-state index contributed by atoms with van der Waals surface area (Å²) in [5.41, 5.74) is 11.5. The van der Waals surface area contributed by atoms with E-state index in [1.54, 1.807) is 30.3 Å². The number of carbonyl (C=O) groups is 6. The average Bonchev–Trinajstić information content (AvgIpc) is 3.10. The second-order valence-electron chi connectivity index (χ2n) is 13.4. The highest BCUT2D eigenvalue weighted by Crippen LogP contribution is 2.14. The smallest absolute Gasteiger partial charge is 0.305 e. The molecular weight excluding hydrogens is 668 g/mol. The van der Waals surface area contributed by atoms with Gasteiger partial charge in [-0.3, -0.25) is 33.8 Å². The van der Waals surface area contributed by atoms with Crippen molar-refractivity contribution in [1.29, 1.82) is 0 Å². The molecule has 1 aromatic rings. The largest absolute Gasteiger partial charge is 0.481 e. The Balaban J connectivity index is 2.26. The number of carboxylic acids is 1. The quantitative estimate of drug-likeness (QED) is 0.0523. The summed E-state index contributed by atoms with van der Waals surface area (Å²) in [5, 5.41) is 22.4. The molecule has 15 nitrogen and oxygen atoms in total. The Morgan fingerprint density at radius 1 is 0.673 bits per heavy atom. The molecule has 0 unspecified atom stereocenters. The van der Waals surface area contributed by atoms with Crippen LogP contribution in [0.2, 0.25) is 0 Å². The molecule has 4 atom stereocenters. The van der Waals surface area contributed by atoms with Crippen molar-refractivity contribution < 1.29 is 33.9 Å². The fourth-order valence-electron chi connectivity index (χ4n) is 6.03. The van der Waals surface area contributed by atoms with Crippen LogP contribution in [0.1, 0.15) is 115 Å². The molecular formula is C37H60N8O7. The highest BCUT2D eigenvalue weighted by Gasteiger charge is 2.33. The third kappa shape index (κ3) is 18.5. The number of guanidine groups is 1. The third-order valence-corrected chi connectivity index (χ3v) is 8.93. The van der Waals surface area contributed by atoms with Gasteiger partial charge in [-0.25, -0.2) is 0 Å². The first-order chi connectivity index (χ1) is 25.0. The lowest BCUT2D eigenvalue weighted by Crippen LogP contribution is -2.58. The Morgan fingerprint density at radius 2 is 1.17 bits per heavy atom. The van der Waals surface area contributed by atoms with Gasteiger partial charge >= 0.3 is 5.97 Å². The van der Waals surface area contributed by atoms with Crippen LogP contribution < -0.4 is 38.1 Å². The normalized spacial score (nSPS) is 20.3. The molecule has 290 valence electrons. The standard InChI is InChI=1S/C37H60N8O7/c1-2-3-4-5-6-7-8-9-10-11-12-16-20-28-34(50)43-27(21-17-22-40-37(38)39)33(49)41-25-31(46)42-30(24-32(47)48)36(52)45-29(35(51)44-28)23-26-18-14-13-15-19-26/h13-15,18-19,27-30H,2-12,16-17,20-25H2,1H3,(H,41,49)(H,42,46)(H,43,50)(H,44,51)(H,45,52)(H,47,48)(H4,38,39,40)/t27-,28+,29-,30-/m0/s1. The second kappa shape index (κ2) is 25.3. The first kappa shape index (κ1) is 43.5. The van der Waals surface area contributed by atoms with Gasteiger partial charge in [-0.15, -0.1) is 0 Å². The molecule has 1 saturated heterocycles. The molecule has 1 aliphatic heterocycles. The molecule has 0 aliphatic carbocycles. The highest BCUT2D eigenvalue weighted by molar-refractivity contribution is 5.98. The molecule has 5 amide bonds. The number of hydrogen-bond acceptors (Lipinski definition) is 7. The van der Waals surface area contributed by atoms with Gasteiger partial charge < -0.3 is 43.2 Å². The van der Waals surface area contributed by atoms with Crippen molar-refractivity contribution in [1.82, 2.24) is 26.6 Å². The van der Waals surface area contributed by atoms with Gasteiger partial charge in [0.15, 0.2) is 5.96 Å². The number of aliphatic carboxylic acids is 1. The zero-order valence-corrected chi connectivity index (χ0v) is 30.6. The second-order valence-corrected chi connectivity index (χ2v) is 13.4. The Kier molecular flexibility index (Phi) is 21.1. The molecule has 1 heterocycles. The predicted octanol–water partition coefficient (Wildman–Crippen LogP) is 1.92. The molecule has 0 aromatic heterocycles. The lowest BCUT2D eigenvalue weighted by molar-refractivity contribution is -0.141. The van der Waals surface area contributed by atoms with E-state index in [0.717, 1.165) is 25.7 Å². The molecule has 0 radical (unpaired) electrons. The summed E-state index contributed by atoms with van der Waals surface area (Å²) in [4.78, 5) is 82.6. The molecule has 0 bridgehead atoms. The zero-order chi connectivity index (χ0) is 38.1. The number of nitrogens with zero attached hydrogens (tertiary/aromatic N) is 1. The van der Waals surface area contributed by atoms with E-state index in [4.69, 9.17) is 11.5 Å². The molecule has 10 N–H and O–H groups in total. The van der Waals surface area contributed by atoms with Crippen LogP contribution in [0.15, 0.2) is 35.3 Å². The van der Waals surface area contributed by atoms with Gasteiger partial charge in [0.1, 0.15) is 24.2 Å². The SMILES string of the molecule is CCCCCCCCCCCCCC[C@H]1NC(=O)[C@H](Cc2ccccc2)NC(=O)[C@H](CC(=O)O)NC(=O)CNC(=O)[C@H](CCCN=C(N)N)NC1=O. The van der Waals surface area contributed by atoms with Crippen molar-refractivity contribution in [2.75, 3.05) is 13.1 Å². The van der Waals surface area contributed by atoms with Crippen LogP contribution in [0.5, 0.6) is 0 Å². The van der Waals surface area contributed by atoms with E-state index >= 15 is 0 Å². The third-order valence-electron chi connectivity index (χ3n) is 8.93. The summed E-state index contributed by atoms with van der Waals surface area (Å²) in [7, 11) is 0. The van der Waals surface area contributed by atoms with E-state index in [-0.39, 0.29) is 31.8 Å². The highest BCUT2D eigenvalue weighted by atomic mass is 16.4. The maximum Gasteiger partial charge on any atom is 0.305 e. The number of benzene rings is 1. The van der Waals surface area contributed by atoms with E-state index in [2.05, 4.69) is 38.5 Å². The lowest BCUT2D eigenvalue weighted by atomic mass is 10.0. The summed E-state index contributed by atoms with van der Waals surface area (Å²) < 4.78 is 0. The van der Waals surface area contributed by atoms with E-state index < -0.39 is 72.6 Å². The van der Waals surface area contributed by atoms with E-state index in [1.807, 2.05) is 0 Å². The molecule has 0 spiro atoms. The minimum Gasteiger partial charge on any atom is -0.481 e. The van der Waals surface area contributed by atoms with Gasteiger partial charge in [0.25, 0.3) is 0 Å². The number of nitrogens with one attached hydrogen (secondary N) is 5. The molecule has 52 heavy (non-hydrogen) atoms. The molecule has 2 rings (SSSR count). The van der Waals surface area contributed by atoms with Crippen LogP contribution in [-0.4, -0.2) is 83.8 Å². The van der Waals surface area contributed by atoms with Crippen molar-refractivity contribution in [2.45, 2.75) is 140 Å². The summed E-state index contributed by atoms with van der Waals surface area (Å²) in [5.74, 6) is -5.14.